The van der Waals surface area contributed by atoms with Crippen LogP contribution in [0.3, 0.4) is 0 Å². The van der Waals surface area contributed by atoms with Gasteiger partial charge in [-0.25, -0.2) is 4.79 Å². The van der Waals surface area contributed by atoms with Gasteiger partial charge in [0.1, 0.15) is 6.61 Å². The lowest BCUT2D eigenvalue weighted by Crippen LogP contribution is -2.43. The Morgan fingerprint density at radius 1 is 0.814 bits per heavy atom. The van der Waals surface area contributed by atoms with E-state index in [9.17, 15) is 14.4 Å². The average Bonchev–Trinajstić information content (AvgIpc) is 3.36. The fraction of sp³-hybridized carbons (Fsp3) is 0.270. The molecular formula is C37H34N2O4. The number of nitrogens with zero attached hydrogens (tertiary/aromatic N) is 2. The van der Waals surface area contributed by atoms with Gasteiger partial charge >= 0.3 is 5.97 Å². The second kappa shape index (κ2) is 10.8. The molecule has 0 spiro atoms. The highest BCUT2D eigenvalue weighted by Gasteiger charge is 2.43. The lowest BCUT2D eigenvalue weighted by molar-refractivity contribution is -0.138. The van der Waals surface area contributed by atoms with Crippen LogP contribution in [0.4, 0.5) is 5.69 Å². The summed E-state index contributed by atoms with van der Waals surface area (Å²) in [6, 6.07) is 25.5. The van der Waals surface area contributed by atoms with Gasteiger partial charge in [0.05, 0.1) is 12.6 Å². The van der Waals surface area contributed by atoms with Crippen molar-refractivity contribution >= 4 is 34.2 Å². The quantitative estimate of drug-likeness (QED) is 0.131. The van der Waals surface area contributed by atoms with Gasteiger partial charge in [-0.2, -0.15) is 0 Å². The van der Waals surface area contributed by atoms with Gasteiger partial charge < -0.3 is 9.64 Å². The van der Waals surface area contributed by atoms with Gasteiger partial charge in [-0.05, 0) is 60.2 Å². The summed E-state index contributed by atoms with van der Waals surface area (Å²) in [7, 11) is 0. The van der Waals surface area contributed by atoms with Crippen molar-refractivity contribution < 1.29 is 19.1 Å². The minimum Gasteiger partial charge on any atom is -0.460 e. The maximum atomic E-state index is 14.3. The molecule has 7 rings (SSSR count). The molecule has 0 bridgehead atoms. The summed E-state index contributed by atoms with van der Waals surface area (Å²) in [5.74, 6) is -0.959. The standard InChI is InChI=1S/C37H34N2O4/c1-23(2)37(42)43-22-21-38(24-11-4-3-5-12-24)32-20-19-31-33-29(32)17-10-18-30(33)35(40)39(36(31)41)34-27-15-8-6-13-25(27)26-14-7-9-16-28(26)34/h6-10,13-20,24,34H,1,3-5,11-12,21-22H2,2H3. The fourth-order valence-electron chi connectivity index (χ4n) is 7.24. The molecule has 0 atom stereocenters. The van der Waals surface area contributed by atoms with E-state index >= 15 is 0 Å². The largest absolute Gasteiger partial charge is 0.460 e. The summed E-state index contributed by atoms with van der Waals surface area (Å²) < 4.78 is 5.51. The summed E-state index contributed by atoms with van der Waals surface area (Å²) in [5.41, 5.74) is 6.44. The van der Waals surface area contributed by atoms with E-state index in [0.717, 1.165) is 59.0 Å². The SMILES string of the molecule is C=C(C)C(=O)OCCN(c1ccc2c3c(cccc13)C(=O)N(C1c3ccccc3-c3ccccc31)C2=O)C1CCCCC1. The second-order valence-corrected chi connectivity index (χ2v) is 11.8. The van der Waals surface area contributed by atoms with E-state index < -0.39 is 12.0 Å². The Labute approximate surface area is 251 Å². The molecule has 43 heavy (non-hydrogen) atoms. The summed E-state index contributed by atoms with van der Waals surface area (Å²) in [4.78, 5) is 44.6. The van der Waals surface area contributed by atoms with E-state index in [-0.39, 0.29) is 24.5 Å². The van der Waals surface area contributed by atoms with E-state index in [1.165, 1.54) is 11.3 Å². The number of benzene rings is 4. The van der Waals surface area contributed by atoms with Gasteiger partial charge in [-0.3, -0.25) is 14.5 Å². The van der Waals surface area contributed by atoms with Crippen LogP contribution in [-0.4, -0.2) is 41.9 Å². The van der Waals surface area contributed by atoms with Crippen molar-refractivity contribution in [3.8, 4) is 11.1 Å². The van der Waals surface area contributed by atoms with E-state index in [2.05, 4.69) is 23.6 Å². The highest BCUT2D eigenvalue weighted by atomic mass is 16.5. The molecule has 216 valence electrons. The number of amides is 2. The second-order valence-electron chi connectivity index (χ2n) is 11.8. The first kappa shape index (κ1) is 27.1. The zero-order chi connectivity index (χ0) is 29.7. The normalized spacial score (nSPS) is 16.3. The van der Waals surface area contributed by atoms with Crippen molar-refractivity contribution in [2.24, 2.45) is 0 Å². The van der Waals surface area contributed by atoms with Crippen LogP contribution in [0.2, 0.25) is 0 Å². The molecular weight excluding hydrogens is 536 g/mol. The van der Waals surface area contributed by atoms with Gasteiger partial charge in [-0.1, -0.05) is 86.5 Å². The molecule has 1 aliphatic heterocycles. The number of anilines is 1. The number of esters is 1. The Morgan fingerprint density at radius 2 is 1.42 bits per heavy atom. The van der Waals surface area contributed by atoms with Gasteiger partial charge in [0.2, 0.25) is 0 Å². The Bertz CT molecular complexity index is 1730. The number of ether oxygens (including phenoxy) is 1. The molecule has 0 saturated heterocycles. The van der Waals surface area contributed by atoms with Crippen LogP contribution >= 0.6 is 0 Å². The van der Waals surface area contributed by atoms with Crippen LogP contribution < -0.4 is 4.90 Å². The maximum absolute atomic E-state index is 14.3. The highest BCUT2D eigenvalue weighted by molar-refractivity contribution is 6.27. The van der Waals surface area contributed by atoms with E-state index in [4.69, 9.17) is 4.74 Å². The third kappa shape index (κ3) is 4.44. The van der Waals surface area contributed by atoms with Crippen molar-refractivity contribution in [2.45, 2.75) is 51.1 Å². The fourth-order valence-corrected chi connectivity index (χ4v) is 7.24. The third-order valence-electron chi connectivity index (χ3n) is 9.21. The van der Waals surface area contributed by atoms with E-state index in [1.54, 1.807) is 6.92 Å². The lowest BCUT2D eigenvalue weighted by atomic mass is 9.89. The summed E-state index contributed by atoms with van der Waals surface area (Å²) in [5, 5.41) is 1.57. The molecule has 0 unspecified atom stereocenters. The molecule has 6 heteroatoms. The first-order valence-electron chi connectivity index (χ1n) is 15.2. The molecule has 4 aromatic rings. The lowest BCUT2D eigenvalue weighted by Gasteiger charge is -2.38. The predicted molar refractivity (Wildman–Crippen MR) is 168 cm³/mol. The average molecular weight is 571 g/mol. The van der Waals surface area contributed by atoms with Crippen molar-refractivity contribution in [3.63, 3.8) is 0 Å². The number of hydrogen-bond acceptors (Lipinski definition) is 5. The Kier molecular flexibility index (Phi) is 6.85. The van der Waals surface area contributed by atoms with E-state index in [1.807, 2.05) is 66.7 Å². The Balaban J connectivity index is 1.31. The number of hydrogen-bond donors (Lipinski definition) is 0. The molecule has 0 radical (unpaired) electrons. The number of imide groups is 1. The third-order valence-corrected chi connectivity index (χ3v) is 9.21. The first-order valence-corrected chi connectivity index (χ1v) is 15.2. The van der Waals surface area contributed by atoms with E-state index in [0.29, 0.717) is 28.6 Å². The number of carbonyl (C=O) groups is 3. The minimum atomic E-state index is -0.489. The number of carbonyl (C=O) groups excluding carboxylic acids is 3. The van der Waals surface area contributed by atoms with Gasteiger partial charge in [0, 0.05) is 39.2 Å². The molecule has 1 heterocycles. The molecule has 3 aliphatic rings. The number of rotatable bonds is 7. The zero-order valence-corrected chi connectivity index (χ0v) is 24.3. The molecule has 1 saturated carbocycles. The van der Waals surface area contributed by atoms with Crippen LogP contribution in [0.15, 0.2) is 91.0 Å². The van der Waals surface area contributed by atoms with Crippen LogP contribution in [0.1, 0.15) is 76.9 Å². The van der Waals surface area contributed by atoms with Crippen molar-refractivity contribution in [3.05, 3.63) is 113 Å². The van der Waals surface area contributed by atoms with Crippen LogP contribution in [0, 0.1) is 0 Å². The van der Waals surface area contributed by atoms with Gasteiger partial charge in [0.15, 0.2) is 0 Å². The molecule has 4 aromatic carbocycles. The highest BCUT2D eigenvalue weighted by Crippen LogP contribution is 2.49. The molecule has 2 aliphatic carbocycles. The topological polar surface area (TPSA) is 66.9 Å². The maximum Gasteiger partial charge on any atom is 0.333 e. The summed E-state index contributed by atoms with van der Waals surface area (Å²) >= 11 is 0. The molecule has 0 aromatic heterocycles. The molecule has 0 N–H and O–H groups in total. The van der Waals surface area contributed by atoms with Crippen LogP contribution in [0.5, 0.6) is 0 Å². The smallest absolute Gasteiger partial charge is 0.333 e. The van der Waals surface area contributed by atoms with Crippen molar-refractivity contribution in [1.82, 2.24) is 4.90 Å². The van der Waals surface area contributed by atoms with Crippen LogP contribution in [-0.2, 0) is 9.53 Å². The molecule has 2 amide bonds. The zero-order valence-electron chi connectivity index (χ0n) is 24.3. The molecule has 1 fully saturated rings. The van der Waals surface area contributed by atoms with Gasteiger partial charge in [0.25, 0.3) is 11.8 Å². The Morgan fingerprint density at radius 3 is 2.07 bits per heavy atom. The number of fused-ring (bicyclic) bond motifs is 3. The van der Waals surface area contributed by atoms with Crippen molar-refractivity contribution in [1.29, 1.82) is 0 Å². The minimum absolute atomic E-state index is 0.233. The predicted octanol–water partition coefficient (Wildman–Crippen LogP) is 7.46. The van der Waals surface area contributed by atoms with Crippen molar-refractivity contribution in [2.75, 3.05) is 18.1 Å². The van der Waals surface area contributed by atoms with Gasteiger partial charge in [-0.15, -0.1) is 0 Å². The summed E-state index contributed by atoms with van der Waals surface area (Å²) in [6.07, 6.45) is 5.59. The Hall–Kier alpha value is -4.71. The first-order chi connectivity index (χ1) is 21.0. The summed E-state index contributed by atoms with van der Waals surface area (Å²) in [6.45, 7) is 6.09. The van der Waals surface area contributed by atoms with Crippen LogP contribution in [0.25, 0.3) is 21.9 Å². The molecule has 6 nitrogen and oxygen atoms in total. The monoisotopic (exact) mass is 570 g/mol.